The number of rotatable bonds is 8. The molecule has 0 saturated heterocycles. The number of benzene rings is 1. The van der Waals surface area contributed by atoms with Gasteiger partial charge in [0.15, 0.2) is 11.5 Å². The van der Waals surface area contributed by atoms with Gasteiger partial charge < -0.3 is 15.2 Å². The van der Waals surface area contributed by atoms with Gasteiger partial charge >= 0.3 is 0 Å². The zero-order valence-corrected chi connectivity index (χ0v) is 12.0. The first kappa shape index (κ1) is 15.7. The molecule has 0 radical (unpaired) electrons. The second-order valence-corrected chi connectivity index (χ2v) is 5.93. The second kappa shape index (κ2) is 7.32. The summed E-state index contributed by atoms with van der Waals surface area (Å²) in [6.45, 7) is 3.02. The maximum absolute atomic E-state index is 11.4. The summed E-state index contributed by atoms with van der Waals surface area (Å²) in [5.41, 5.74) is 0.912. The Kier molecular flexibility index (Phi) is 6.07. The van der Waals surface area contributed by atoms with E-state index in [1.807, 2.05) is 0 Å². The molecule has 7 heteroatoms. The molecule has 19 heavy (non-hydrogen) atoms. The second-order valence-electron chi connectivity index (χ2n) is 4.00. The lowest BCUT2D eigenvalue weighted by Gasteiger charge is -2.08. The van der Waals surface area contributed by atoms with Gasteiger partial charge in [-0.3, -0.25) is 0 Å². The third-order valence-electron chi connectivity index (χ3n) is 2.49. The van der Waals surface area contributed by atoms with Crippen LogP contribution in [-0.4, -0.2) is 39.5 Å². The molecule has 0 saturated carbocycles. The van der Waals surface area contributed by atoms with E-state index in [0.717, 1.165) is 5.56 Å². The third-order valence-corrected chi connectivity index (χ3v) is 3.96. The number of phenolic OH excluding ortho intramolecular Hbond substituents is 1. The first-order valence-electron chi connectivity index (χ1n) is 6.02. The predicted molar refractivity (Wildman–Crippen MR) is 73.8 cm³/mol. The van der Waals surface area contributed by atoms with Crippen molar-refractivity contribution in [3.8, 4) is 11.5 Å². The molecule has 1 aromatic carbocycles. The van der Waals surface area contributed by atoms with Crippen molar-refractivity contribution in [2.75, 3.05) is 26.0 Å². The van der Waals surface area contributed by atoms with Crippen molar-refractivity contribution in [3.63, 3.8) is 0 Å². The van der Waals surface area contributed by atoms with Crippen LogP contribution in [0.5, 0.6) is 11.5 Å². The molecular formula is C12H20N2O4S. The number of methoxy groups -OCH3 is 1. The van der Waals surface area contributed by atoms with Crippen LogP contribution in [0.1, 0.15) is 12.5 Å². The Morgan fingerprint density at radius 1 is 1.37 bits per heavy atom. The number of aromatic hydroxyl groups is 1. The van der Waals surface area contributed by atoms with Crippen LogP contribution in [0.4, 0.5) is 0 Å². The quantitative estimate of drug-likeness (QED) is 0.604. The fourth-order valence-corrected chi connectivity index (χ4v) is 2.56. The van der Waals surface area contributed by atoms with Crippen molar-refractivity contribution in [3.05, 3.63) is 23.8 Å². The summed E-state index contributed by atoms with van der Waals surface area (Å²) in [5, 5.41) is 12.5. The summed E-state index contributed by atoms with van der Waals surface area (Å²) in [6.07, 6.45) is 0. The minimum absolute atomic E-state index is 0.0378. The molecule has 0 spiro atoms. The molecule has 0 amide bonds. The first-order valence-corrected chi connectivity index (χ1v) is 7.67. The van der Waals surface area contributed by atoms with E-state index in [0.29, 0.717) is 25.4 Å². The van der Waals surface area contributed by atoms with E-state index in [1.54, 1.807) is 25.1 Å². The van der Waals surface area contributed by atoms with E-state index < -0.39 is 10.0 Å². The fraction of sp³-hybridized carbons (Fsp3) is 0.500. The summed E-state index contributed by atoms with van der Waals surface area (Å²) < 4.78 is 30.2. The molecule has 1 rings (SSSR count). The minimum atomic E-state index is -3.18. The van der Waals surface area contributed by atoms with Crippen LogP contribution in [0.15, 0.2) is 18.2 Å². The van der Waals surface area contributed by atoms with Crippen LogP contribution in [0.3, 0.4) is 0 Å². The summed E-state index contributed by atoms with van der Waals surface area (Å²) >= 11 is 0. The van der Waals surface area contributed by atoms with Gasteiger partial charge in [0.2, 0.25) is 10.0 Å². The van der Waals surface area contributed by atoms with Gasteiger partial charge in [0.25, 0.3) is 0 Å². The molecule has 0 aliphatic carbocycles. The predicted octanol–water partition coefficient (Wildman–Crippen LogP) is 0.430. The standard InChI is InChI=1S/C12H20N2O4S/c1-3-14-19(16,17)7-6-13-9-10-4-5-11(15)12(8-10)18-2/h4-5,8,13-15H,3,6-7,9H2,1-2H3. The lowest BCUT2D eigenvalue weighted by molar-refractivity contribution is 0.373. The zero-order valence-electron chi connectivity index (χ0n) is 11.1. The Balaban J connectivity index is 2.42. The molecule has 0 heterocycles. The lowest BCUT2D eigenvalue weighted by Crippen LogP contribution is -2.31. The summed E-state index contributed by atoms with van der Waals surface area (Å²) in [6, 6.07) is 5.01. The molecule has 3 N–H and O–H groups in total. The van der Waals surface area contributed by atoms with E-state index in [9.17, 15) is 13.5 Å². The molecule has 0 unspecified atom stereocenters. The largest absolute Gasteiger partial charge is 0.504 e. The van der Waals surface area contributed by atoms with E-state index in [-0.39, 0.29) is 11.5 Å². The van der Waals surface area contributed by atoms with Crippen LogP contribution >= 0.6 is 0 Å². The van der Waals surface area contributed by atoms with Gasteiger partial charge in [0.1, 0.15) is 0 Å². The van der Waals surface area contributed by atoms with Crippen molar-refractivity contribution >= 4 is 10.0 Å². The monoisotopic (exact) mass is 288 g/mol. The Bertz CT molecular complexity index is 502. The van der Waals surface area contributed by atoms with Crippen molar-refractivity contribution in [1.82, 2.24) is 10.0 Å². The van der Waals surface area contributed by atoms with Gasteiger partial charge in [0.05, 0.1) is 12.9 Å². The molecule has 0 aromatic heterocycles. The Labute approximate surface area is 113 Å². The molecule has 0 bridgehead atoms. The third kappa shape index (κ3) is 5.46. The molecule has 0 fully saturated rings. The van der Waals surface area contributed by atoms with Gasteiger partial charge in [-0.2, -0.15) is 0 Å². The normalized spacial score (nSPS) is 11.5. The number of sulfonamides is 1. The molecule has 0 aliphatic rings. The van der Waals surface area contributed by atoms with Crippen LogP contribution in [0.2, 0.25) is 0 Å². The highest BCUT2D eigenvalue weighted by Crippen LogP contribution is 2.25. The van der Waals surface area contributed by atoms with Gasteiger partial charge in [-0.15, -0.1) is 0 Å². The van der Waals surface area contributed by atoms with Crippen LogP contribution in [0.25, 0.3) is 0 Å². The van der Waals surface area contributed by atoms with Crippen LogP contribution in [-0.2, 0) is 16.6 Å². The maximum atomic E-state index is 11.4. The highest BCUT2D eigenvalue weighted by molar-refractivity contribution is 7.89. The van der Waals surface area contributed by atoms with Crippen LogP contribution < -0.4 is 14.8 Å². The lowest BCUT2D eigenvalue weighted by atomic mass is 10.2. The van der Waals surface area contributed by atoms with E-state index in [4.69, 9.17) is 4.74 Å². The number of nitrogens with one attached hydrogen (secondary N) is 2. The summed E-state index contributed by atoms with van der Waals surface area (Å²) in [7, 11) is -1.70. The number of hydrogen-bond donors (Lipinski definition) is 3. The first-order chi connectivity index (χ1) is 8.98. The topological polar surface area (TPSA) is 87.7 Å². The average Bonchev–Trinajstić information content (AvgIpc) is 2.36. The minimum Gasteiger partial charge on any atom is -0.504 e. The molecule has 0 aliphatic heterocycles. The molecule has 1 aromatic rings. The Morgan fingerprint density at radius 2 is 2.11 bits per heavy atom. The van der Waals surface area contributed by atoms with E-state index in [1.165, 1.54) is 7.11 Å². The number of hydrogen-bond acceptors (Lipinski definition) is 5. The summed E-state index contributed by atoms with van der Waals surface area (Å²) in [4.78, 5) is 0. The number of phenols is 1. The van der Waals surface area contributed by atoms with Gasteiger partial charge in [-0.25, -0.2) is 13.1 Å². The van der Waals surface area contributed by atoms with Crippen molar-refractivity contribution < 1.29 is 18.3 Å². The van der Waals surface area contributed by atoms with Gasteiger partial charge in [-0.05, 0) is 17.7 Å². The Hall–Kier alpha value is -1.31. The Morgan fingerprint density at radius 3 is 2.74 bits per heavy atom. The maximum Gasteiger partial charge on any atom is 0.212 e. The fourth-order valence-electron chi connectivity index (χ4n) is 1.56. The molecule has 108 valence electrons. The highest BCUT2D eigenvalue weighted by atomic mass is 32.2. The van der Waals surface area contributed by atoms with Gasteiger partial charge in [0, 0.05) is 19.6 Å². The average molecular weight is 288 g/mol. The van der Waals surface area contributed by atoms with Crippen LogP contribution in [0, 0.1) is 0 Å². The van der Waals surface area contributed by atoms with Crippen molar-refractivity contribution in [2.45, 2.75) is 13.5 Å². The molecule has 0 atom stereocenters. The highest BCUT2D eigenvalue weighted by Gasteiger charge is 2.07. The van der Waals surface area contributed by atoms with E-state index in [2.05, 4.69) is 10.0 Å². The SMILES string of the molecule is CCNS(=O)(=O)CCNCc1ccc(O)c(OC)c1. The van der Waals surface area contributed by atoms with Crippen molar-refractivity contribution in [2.24, 2.45) is 0 Å². The summed E-state index contributed by atoms with van der Waals surface area (Å²) in [5.74, 6) is 0.524. The van der Waals surface area contributed by atoms with Crippen molar-refractivity contribution in [1.29, 1.82) is 0 Å². The smallest absolute Gasteiger partial charge is 0.212 e. The molecule has 6 nitrogen and oxygen atoms in total. The number of ether oxygens (including phenoxy) is 1. The van der Waals surface area contributed by atoms with Gasteiger partial charge in [-0.1, -0.05) is 13.0 Å². The molecular weight excluding hydrogens is 268 g/mol. The van der Waals surface area contributed by atoms with E-state index >= 15 is 0 Å². The zero-order chi connectivity index (χ0) is 14.3.